The fraction of sp³-hybridized carbons (Fsp3) is 0.364. The molecular weight excluding hydrogens is 197 g/mol. The molecule has 0 saturated heterocycles. The normalized spacial score (nSPS) is 10.3. The standard InChI is InChI=1S/C11H14FNO2/c1-2-5-13-7-8-3-4-9(12)6-10(8)11(14)15/h3-4,6,13H,2,5,7H2,1H3,(H,14,15). The van der Waals surface area contributed by atoms with E-state index < -0.39 is 11.8 Å². The Hall–Kier alpha value is -1.42. The summed E-state index contributed by atoms with van der Waals surface area (Å²) in [5, 5.41) is 11.9. The van der Waals surface area contributed by atoms with Gasteiger partial charge in [-0.3, -0.25) is 0 Å². The van der Waals surface area contributed by atoms with Gasteiger partial charge in [-0.2, -0.15) is 0 Å². The number of carbonyl (C=O) groups is 1. The van der Waals surface area contributed by atoms with E-state index in [9.17, 15) is 9.18 Å². The molecule has 1 aromatic rings. The van der Waals surface area contributed by atoms with Gasteiger partial charge in [0.25, 0.3) is 0 Å². The van der Waals surface area contributed by atoms with Crippen LogP contribution in [0.15, 0.2) is 18.2 Å². The first-order chi connectivity index (χ1) is 7.15. The number of nitrogens with one attached hydrogen (secondary N) is 1. The molecule has 4 heteroatoms. The van der Waals surface area contributed by atoms with Crippen molar-refractivity contribution in [3.63, 3.8) is 0 Å². The van der Waals surface area contributed by atoms with E-state index in [1.807, 2.05) is 6.92 Å². The molecule has 15 heavy (non-hydrogen) atoms. The maximum atomic E-state index is 12.8. The Bertz CT molecular complexity index is 352. The smallest absolute Gasteiger partial charge is 0.336 e. The van der Waals surface area contributed by atoms with Gasteiger partial charge in [-0.15, -0.1) is 0 Å². The fourth-order valence-corrected chi connectivity index (χ4v) is 1.30. The van der Waals surface area contributed by atoms with Gasteiger partial charge in [-0.25, -0.2) is 9.18 Å². The molecule has 0 heterocycles. The van der Waals surface area contributed by atoms with Crippen molar-refractivity contribution in [3.05, 3.63) is 35.1 Å². The molecule has 0 unspecified atom stereocenters. The van der Waals surface area contributed by atoms with Crippen molar-refractivity contribution in [3.8, 4) is 0 Å². The molecule has 0 radical (unpaired) electrons. The highest BCUT2D eigenvalue weighted by Crippen LogP contribution is 2.11. The van der Waals surface area contributed by atoms with Crippen LogP contribution in [0, 0.1) is 5.82 Å². The number of carboxylic acid groups (broad SMARTS) is 1. The molecule has 82 valence electrons. The van der Waals surface area contributed by atoms with Crippen molar-refractivity contribution in [2.24, 2.45) is 0 Å². The summed E-state index contributed by atoms with van der Waals surface area (Å²) in [6.07, 6.45) is 0.976. The Morgan fingerprint density at radius 3 is 2.87 bits per heavy atom. The van der Waals surface area contributed by atoms with Crippen LogP contribution in [0.5, 0.6) is 0 Å². The second kappa shape index (κ2) is 5.46. The van der Waals surface area contributed by atoms with E-state index in [2.05, 4.69) is 5.32 Å². The van der Waals surface area contributed by atoms with Gasteiger partial charge < -0.3 is 10.4 Å². The maximum Gasteiger partial charge on any atom is 0.336 e. The molecule has 3 nitrogen and oxygen atoms in total. The van der Waals surface area contributed by atoms with Gasteiger partial charge in [0.2, 0.25) is 0 Å². The maximum absolute atomic E-state index is 12.8. The summed E-state index contributed by atoms with van der Waals surface area (Å²) in [5.41, 5.74) is 0.635. The first kappa shape index (κ1) is 11.7. The largest absolute Gasteiger partial charge is 0.478 e. The van der Waals surface area contributed by atoms with E-state index in [1.165, 1.54) is 12.1 Å². The van der Waals surface area contributed by atoms with Gasteiger partial charge in [0, 0.05) is 6.54 Å². The third-order valence-corrected chi connectivity index (χ3v) is 2.04. The number of carboxylic acids is 1. The van der Waals surface area contributed by atoms with E-state index in [4.69, 9.17) is 5.11 Å². The molecule has 1 rings (SSSR count). The van der Waals surface area contributed by atoms with Crippen molar-refractivity contribution in [2.45, 2.75) is 19.9 Å². The Morgan fingerprint density at radius 1 is 1.53 bits per heavy atom. The van der Waals surface area contributed by atoms with E-state index in [0.29, 0.717) is 12.1 Å². The highest BCUT2D eigenvalue weighted by molar-refractivity contribution is 5.89. The van der Waals surface area contributed by atoms with E-state index in [0.717, 1.165) is 19.0 Å². The monoisotopic (exact) mass is 211 g/mol. The minimum Gasteiger partial charge on any atom is -0.478 e. The summed E-state index contributed by atoms with van der Waals surface area (Å²) in [6, 6.07) is 3.82. The first-order valence-corrected chi connectivity index (χ1v) is 4.87. The van der Waals surface area contributed by atoms with Gasteiger partial charge in [0.1, 0.15) is 5.82 Å². The van der Waals surface area contributed by atoms with Crippen LogP contribution in [0.2, 0.25) is 0 Å². The molecule has 1 aromatic carbocycles. The second-order valence-corrected chi connectivity index (χ2v) is 3.28. The van der Waals surface area contributed by atoms with Gasteiger partial charge in [-0.05, 0) is 30.7 Å². The van der Waals surface area contributed by atoms with Crippen molar-refractivity contribution in [1.82, 2.24) is 5.32 Å². The van der Waals surface area contributed by atoms with Crippen LogP contribution in [0.25, 0.3) is 0 Å². The molecule has 0 atom stereocenters. The summed E-state index contributed by atoms with van der Waals surface area (Å²) in [5.74, 6) is -1.62. The molecule has 0 aromatic heterocycles. The van der Waals surface area contributed by atoms with Crippen LogP contribution in [-0.2, 0) is 6.54 Å². The quantitative estimate of drug-likeness (QED) is 0.732. The lowest BCUT2D eigenvalue weighted by atomic mass is 10.1. The zero-order valence-corrected chi connectivity index (χ0v) is 8.59. The van der Waals surface area contributed by atoms with Gasteiger partial charge in [0.15, 0.2) is 0 Å². The lowest BCUT2D eigenvalue weighted by Gasteiger charge is -2.07. The molecule has 0 aliphatic carbocycles. The van der Waals surface area contributed by atoms with Crippen molar-refractivity contribution >= 4 is 5.97 Å². The van der Waals surface area contributed by atoms with Crippen LogP contribution >= 0.6 is 0 Å². The van der Waals surface area contributed by atoms with Crippen molar-refractivity contribution in [1.29, 1.82) is 0 Å². The molecule has 2 N–H and O–H groups in total. The van der Waals surface area contributed by atoms with E-state index in [1.54, 1.807) is 0 Å². The minimum atomic E-state index is -1.09. The summed E-state index contributed by atoms with van der Waals surface area (Å²) in [6.45, 7) is 3.29. The number of benzene rings is 1. The number of rotatable bonds is 5. The Kier molecular flexibility index (Phi) is 4.24. The molecular formula is C11H14FNO2. The van der Waals surface area contributed by atoms with Crippen molar-refractivity contribution < 1.29 is 14.3 Å². The SMILES string of the molecule is CCCNCc1ccc(F)cc1C(=O)O. The van der Waals surface area contributed by atoms with Gasteiger partial charge >= 0.3 is 5.97 Å². The van der Waals surface area contributed by atoms with Crippen LogP contribution in [0.3, 0.4) is 0 Å². The Morgan fingerprint density at radius 2 is 2.27 bits per heavy atom. The molecule has 0 amide bonds. The van der Waals surface area contributed by atoms with E-state index in [-0.39, 0.29) is 5.56 Å². The zero-order valence-electron chi connectivity index (χ0n) is 8.59. The highest BCUT2D eigenvalue weighted by atomic mass is 19.1. The summed E-state index contributed by atoms with van der Waals surface area (Å²) in [4.78, 5) is 10.8. The Labute approximate surface area is 87.9 Å². The fourth-order valence-electron chi connectivity index (χ4n) is 1.30. The number of hydrogen-bond donors (Lipinski definition) is 2. The number of hydrogen-bond acceptors (Lipinski definition) is 2. The molecule has 0 fully saturated rings. The van der Waals surface area contributed by atoms with Gasteiger partial charge in [-0.1, -0.05) is 13.0 Å². The van der Waals surface area contributed by atoms with Crippen LogP contribution in [-0.4, -0.2) is 17.6 Å². The topological polar surface area (TPSA) is 49.3 Å². The molecule has 0 aliphatic heterocycles. The van der Waals surface area contributed by atoms with E-state index >= 15 is 0 Å². The second-order valence-electron chi connectivity index (χ2n) is 3.28. The summed E-state index contributed by atoms with van der Waals surface area (Å²) in [7, 11) is 0. The lowest BCUT2D eigenvalue weighted by molar-refractivity contribution is 0.0695. The predicted octanol–water partition coefficient (Wildman–Crippen LogP) is 2.02. The molecule has 0 aliphatic rings. The van der Waals surface area contributed by atoms with Gasteiger partial charge in [0.05, 0.1) is 5.56 Å². The predicted molar refractivity (Wildman–Crippen MR) is 55.4 cm³/mol. The molecule has 0 bridgehead atoms. The number of halogens is 1. The molecule has 0 spiro atoms. The number of aromatic carboxylic acids is 1. The summed E-state index contributed by atoms with van der Waals surface area (Å²) < 4.78 is 12.8. The lowest BCUT2D eigenvalue weighted by Crippen LogP contribution is -2.16. The minimum absolute atomic E-state index is 0.0265. The Balaban J connectivity index is 2.81. The summed E-state index contributed by atoms with van der Waals surface area (Å²) >= 11 is 0. The zero-order chi connectivity index (χ0) is 11.3. The van der Waals surface area contributed by atoms with Crippen LogP contribution in [0.1, 0.15) is 29.3 Å². The molecule has 0 saturated carbocycles. The average Bonchev–Trinajstić information content (AvgIpc) is 2.20. The van der Waals surface area contributed by atoms with Crippen LogP contribution < -0.4 is 5.32 Å². The van der Waals surface area contributed by atoms with Crippen LogP contribution in [0.4, 0.5) is 4.39 Å². The third-order valence-electron chi connectivity index (χ3n) is 2.04. The van der Waals surface area contributed by atoms with Crippen molar-refractivity contribution in [2.75, 3.05) is 6.54 Å². The third kappa shape index (κ3) is 3.32. The highest BCUT2D eigenvalue weighted by Gasteiger charge is 2.10. The first-order valence-electron chi connectivity index (χ1n) is 4.87. The average molecular weight is 211 g/mol.